The zero-order chi connectivity index (χ0) is 11.4. The first kappa shape index (κ1) is 12.0. The van der Waals surface area contributed by atoms with Crippen LogP contribution in [0.1, 0.15) is 35.3 Å². The summed E-state index contributed by atoms with van der Waals surface area (Å²) in [6.45, 7) is 4.31. The lowest BCUT2D eigenvalue weighted by Gasteiger charge is -2.15. The molecule has 0 aromatic carbocycles. The van der Waals surface area contributed by atoms with Crippen LogP contribution in [0.3, 0.4) is 0 Å². The average molecular weight is 240 g/mol. The molecule has 0 spiro atoms. The Balaban J connectivity index is 1.87. The van der Waals surface area contributed by atoms with Gasteiger partial charge in [0.25, 0.3) is 0 Å². The van der Waals surface area contributed by atoms with Gasteiger partial charge in [0, 0.05) is 18.0 Å². The van der Waals surface area contributed by atoms with E-state index in [1.165, 1.54) is 28.4 Å². The second-order valence-electron chi connectivity index (χ2n) is 4.58. The first-order valence-electron chi connectivity index (χ1n) is 6.08. The molecule has 0 bridgehead atoms. The molecule has 0 amide bonds. The summed E-state index contributed by atoms with van der Waals surface area (Å²) in [5, 5.41) is 13.2. The van der Waals surface area contributed by atoms with Gasteiger partial charge in [-0.25, -0.2) is 4.98 Å². The van der Waals surface area contributed by atoms with Gasteiger partial charge in [0.15, 0.2) is 0 Å². The van der Waals surface area contributed by atoms with Crippen LogP contribution in [0.2, 0.25) is 0 Å². The van der Waals surface area contributed by atoms with Crippen LogP contribution in [0.25, 0.3) is 0 Å². The Morgan fingerprint density at radius 3 is 3.25 bits per heavy atom. The van der Waals surface area contributed by atoms with Crippen LogP contribution in [0.15, 0.2) is 0 Å². The Kier molecular flexibility index (Phi) is 4.32. The van der Waals surface area contributed by atoms with Crippen molar-refractivity contribution in [1.82, 2.24) is 10.3 Å². The molecule has 0 saturated heterocycles. The minimum atomic E-state index is 0.263. The maximum atomic E-state index is 8.67. The van der Waals surface area contributed by atoms with Gasteiger partial charge in [0.2, 0.25) is 0 Å². The number of fused-ring (bicyclic) bond motifs is 1. The van der Waals surface area contributed by atoms with Gasteiger partial charge in [-0.05, 0) is 38.1 Å². The highest BCUT2D eigenvalue weighted by Crippen LogP contribution is 2.29. The van der Waals surface area contributed by atoms with E-state index in [0.717, 1.165) is 31.8 Å². The fraction of sp³-hybridized carbons (Fsp3) is 0.750. The van der Waals surface area contributed by atoms with Gasteiger partial charge in [-0.1, -0.05) is 6.92 Å². The van der Waals surface area contributed by atoms with Crippen LogP contribution in [0.5, 0.6) is 0 Å². The van der Waals surface area contributed by atoms with Gasteiger partial charge in [-0.3, -0.25) is 0 Å². The number of nitrogens with one attached hydrogen (secondary N) is 1. The normalized spacial score (nSPS) is 19.8. The highest BCUT2D eigenvalue weighted by Gasteiger charge is 2.19. The molecule has 0 saturated carbocycles. The second kappa shape index (κ2) is 5.75. The molecule has 0 fully saturated rings. The Morgan fingerprint density at radius 1 is 1.56 bits per heavy atom. The molecule has 4 heteroatoms. The molecule has 2 rings (SSSR count). The van der Waals surface area contributed by atoms with Crippen molar-refractivity contribution in [2.24, 2.45) is 5.92 Å². The van der Waals surface area contributed by atoms with Gasteiger partial charge in [-0.15, -0.1) is 11.3 Å². The summed E-state index contributed by atoms with van der Waals surface area (Å²) in [4.78, 5) is 6.17. The average Bonchev–Trinajstić information content (AvgIpc) is 2.66. The van der Waals surface area contributed by atoms with Crippen molar-refractivity contribution in [2.45, 2.75) is 39.2 Å². The lowest BCUT2D eigenvalue weighted by Crippen LogP contribution is -2.15. The van der Waals surface area contributed by atoms with Crippen LogP contribution < -0.4 is 5.32 Å². The van der Waals surface area contributed by atoms with Crippen LogP contribution >= 0.6 is 11.3 Å². The smallest absolute Gasteiger partial charge is 0.107 e. The van der Waals surface area contributed by atoms with E-state index in [0.29, 0.717) is 0 Å². The Hall–Kier alpha value is -0.450. The molecular weight excluding hydrogens is 220 g/mol. The SMILES string of the molecule is CC1CCc2nc(CNCCCO)sc2C1. The summed E-state index contributed by atoms with van der Waals surface area (Å²) in [5.74, 6) is 0.822. The zero-order valence-corrected chi connectivity index (χ0v) is 10.6. The van der Waals surface area contributed by atoms with Crippen molar-refractivity contribution in [3.05, 3.63) is 15.6 Å². The van der Waals surface area contributed by atoms with E-state index in [1.807, 2.05) is 11.3 Å². The fourth-order valence-corrected chi connectivity index (χ4v) is 3.32. The van der Waals surface area contributed by atoms with E-state index in [9.17, 15) is 0 Å². The van der Waals surface area contributed by atoms with Gasteiger partial charge in [-0.2, -0.15) is 0 Å². The number of aliphatic hydroxyl groups excluding tert-OH is 1. The molecule has 1 atom stereocenters. The number of aryl methyl sites for hydroxylation is 1. The van der Waals surface area contributed by atoms with Crippen molar-refractivity contribution < 1.29 is 5.11 Å². The van der Waals surface area contributed by atoms with E-state index in [2.05, 4.69) is 17.2 Å². The highest BCUT2D eigenvalue weighted by atomic mass is 32.1. The van der Waals surface area contributed by atoms with E-state index in [-0.39, 0.29) is 6.61 Å². The highest BCUT2D eigenvalue weighted by molar-refractivity contribution is 7.11. The zero-order valence-electron chi connectivity index (χ0n) is 9.83. The summed E-state index contributed by atoms with van der Waals surface area (Å²) >= 11 is 1.86. The fourth-order valence-electron chi connectivity index (χ4n) is 2.07. The summed E-state index contributed by atoms with van der Waals surface area (Å²) in [5.41, 5.74) is 1.34. The Bertz CT molecular complexity index is 338. The number of aliphatic hydroxyl groups is 1. The van der Waals surface area contributed by atoms with Crippen molar-refractivity contribution in [2.75, 3.05) is 13.2 Å². The third-order valence-electron chi connectivity index (χ3n) is 3.02. The van der Waals surface area contributed by atoms with Crippen LogP contribution in [-0.2, 0) is 19.4 Å². The third kappa shape index (κ3) is 3.03. The van der Waals surface area contributed by atoms with Crippen LogP contribution in [0.4, 0.5) is 0 Å². The molecule has 2 N–H and O–H groups in total. The third-order valence-corrected chi connectivity index (χ3v) is 4.14. The summed E-state index contributed by atoms with van der Waals surface area (Å²) in [6, 6.07) is 0. The van der Waals surface area contributed by atoms with E-state index in [1.54, 1.807) is 0 Å². The molecule has 0 radical (unpaired) electrons. The monoisotopic (exact) mass is 240 g/mol. The summed E-state index contributed by atoms with van der Waals surface area (Å²) in [7, 11) is 0. The lowest BCUT2D eigenvalue weighted by molar-refractivity contribution is 0.286. The number of hydrogen-bond donors (Lipinski definition) is 2. The number of rotatable bonds is 5. The molecule has 1 aromatic rings. The lowest BCUT2D eigenvalue weighted by atomic mass is 9.93. The van der Waals surface area contributed by atoms with Crippen molar-refractivity contribution in [3.8, 4) is 0 Å². The number of nitrogens with zero attached hydrogens (tertiary/aromatic N) is 1. The molecule has 0 aliphatic heterocycles. The maximum Gasteiger partial charge on any atom is 0.107 e. The minimum absolute atomic E-state index is 0.263. The van der Waals surface area contributed by atoms with E-state index in [4.69, 9.17) is 5.11 Å². The van der Waals surface area contributed by atoms with Crippen LogP contribution in [-0.4, -0.2) is 23.2 Å². The largest absolute Gasteiger partial charge is 0.396 e. The molecule has 1 unspecified atom stereocenters. The standard InChI is InChI=1S/C12H20N2OS/c1-9-3-4-10-11(7-9)16-12(14-10)8-13-5-2-6-15/h9,13,15H,2-8H2,1H3. The quantitative estimate of drug-likeness (QED) is 0.771. The first-order valence-corrected chi connectivity index (χ1v) is 6.90. The molecule has 1 heterocycles. The number of hydrogen-bond acceptors (Lipinski definition) is 4. The molecule has 1 aliphatic carbocycles. The number of thiazole rings is 1. The molecular formula is C12H20N2OS. The van der Waals surface area contributed by atoms with Crippen molar-refractivity contribution >= 4 is 11.3 Å². The van der Waals surface area contributed by atoms with Crippen molar-refractivity contribution in [3.63, 3.8) is 0 Å². The maximum absolute atomic E-state index is 8.67. The predicted molar refractivity (Wildman–Crippen MR) is 66.7 cm³/mol. The minimum Gasteiger partial charge on any atom is -0.396 e. The molecule has 1 aliphatic rings. The van der Waals surface area contributed by atoms with E-state index < -0.39 is 0 Å². The first-order chi connectivity index (χ1) is 7.79. The van der Waals surface area contributed by atoms with Gasteiger partial charge >= 0.3 is 0 Å². The van der Waals surface area contributed by atoms with Gasteiger partial charge in [0.05, 0.1) is 5.69 Å². The van der Waals surface area contributed by atoms with Gasteiger partial charge < -0.3 is 10.4 Å². The summed E-state index contributed by atoms with van der Waals surface area (Å²) in [6.07, 6.45) is 4.48. The molecule has 90 valence electrons. The number of aromatic nitrogens is 1. The molecule has 3 nitrogen and oxygen atoms in total. The molecule has 1 aromatic heterocycles. The molecule has 16 heavy (non-hydrogen) atoms. The Morgan fingerprint density at radius 2 is 2.44 bits per heavy atom. The van der Waals surface area contributed by atoms with Crippen LogP contribution in [0, 0.1) is 5.92 Å². The predicted octanol–water partition coefficient (Wildman–Crippen LogP) is 1.74. The van der Waals surface area contributed by atoms with Crippen molar-refractivity contribution in [1.29, 1.82) is 0 Å². The van der Waals surface area contributed by atoms with E-state index >= 15 is 0 Å². The van der Waals surface area contributed by atoms with Gasteiger partial charge in [0.1, 0.15) is 5.01 Å². The Labute approximate surface area is 101 Å². The second-order valence-corrected chi connectivity index (χ2v) is 5.75. The summed E-state index contributed by atoms with van der Waals surface area (Å²) < 4.78 is 0. The topological polar surface area (TPSA) is 45.2 Å².